The van der Waals surface area contributed by atoms with Gasteiger partial charge < -0.3 is 16.2 Å². The molecule has 6 heteroatoms. The number of nitrogen functional groups attached to an aromatic ring is 1. The SMILES string of the molecule is Cc1nc(N)sc1C(=O)NCC1(O)CCC(C)CC1. The van der Waals surface area contributed by atoms with Crippen LogP contribution in [0.3, 0.4) is 0 Å². The molecule has 106 valence electrons. The van der Waals surface area contributed by atoms with Crippen molar-refractivity contribution in [1.82, 2.24) is 10.3 Å². The lowest BCUT2D eigenvalue weighted by Crippen LogP contribution is -2.45. The molecular formula is C13H21N3O2S. The van der Waals surface area contributed by atoms with Crippen LogP contribution in [0, 0.1) is 12.8 Å². The summed E-state index contributed by atoms with van der Waals surface area (Å²) in [6.45, 7) is 4.26. The van der Waals surface area contributed by atoms with E-state index in [0.29, 0.717) is 28.2 Å². The van der Waals surface area contributed by atoms with Gasteiger partial charge in [-0.25, -0.2) is 4.98 Å². The molecule has 19 heavy (non-hydrogen) atoms. The number of nitrogens with one attached hydrogen (secondary N) is 1. The van der Waals surface area contributed by atoms with Gasteiger partial charge in [0.2, 0.25) is 0 Å². The smallest absolute Gasteiger partial charge is 0.263 e. The van der Waals surface area contributed by atoms with Crippen molar-refractivity contribution in [2.75, 3.05) is 12.3 Å². The van der Waals surface area contributed by atoms with E-state index in [4.69, 9.17) is 5.73 Å². The van der Waals surface area contributed by atoms with Crippen LogP contribution in [0.4, 0.5) is 5.13 Å². The van der Waals surface area contributed by atoms with Crippen LogP contribution < -0.4 is 11.1 Å². The molecule has 2 rings (SSSR count). The van der Waals surface area contributed by atoms with Gasteiger partial charge in [-0.1, -0.05) is 18.3 Å². The van der Waals surface area contributed by atoms with E-state index in [0.717, 1.165) is 25.7 Å². The summed E-state index contributed by atoms with van der Waals surface area (Å²) in [5, 5.41) is 13.6. The highest BCUT2D eigenvalue weighted by Crippen LogP contribution is 2.31. The van der Waals surface area contributed by atoms with Crippen LogP contribution in [0.1, 0.15) is 48.0 Å². The van der Waals surface area contributed by atoms with E-state index in [9.17, 15) is 9.90 Å². The molecule has 0 spiro atoms. The Morgan fingerprint density at radius 1 is 1.58 bits per heavy atom. The Hall–Kier alpha value is -1.14. The fraction of sp³-hybridized carbons (Fsp3) is 0.692. The first-order valence-corrected chi connectivity index (χ1v) is 7.45. The fourth-order valence-corrected chi connectivity index (χ4v) is 3.18. The standard InChI is InChI=1S/C13H21N3O2S/c1-8-3-5-13(18,6-4-8)7-15-11(17)10-9(2)16-12(14)19-10/h8,18H,3-7H2,1-2H3,(H2,14,16)(H,15,17). The van der Waals surface area contributed by atoms with Gasteiger partial charge >= 0.3 is 0 Å². The largest absolute Gasteiger partial charge is 0.388 e. The Bertz CT molecular complexity index is 464. The lowest BCUT2D eigenvalue weighted by atomic mass is 9.79. The second-order valence-corrected chi connectivity index (χ2v) is 6.59. The summed E-state index contributed by atoms with van der Waals surface area (Å²) < 4.78 is 0. The number of amides is 1. The van der Waals surface area contributed by atoms with Crippen molar-refractivity contribution in [3.05, 3.63) is 10.6 Å². The molecule has 0 radical (unpaired) electrons. The van der Waals surface area contributed by atoms with Crippen molar-refractivity contribution < 1.29 is 9.90 Å². The third kappa shape index (κ3) is 3.45. The Morgan fingerprint density at radius 2 is 2.21 bits per heavy atom. The van der Waals surface area contributed by atoms with E-state index < -0.39 is 5.60 Å². The first-order valence-electron chi connectivity index (χ1n) is 6.63. The van der Waals surface area contributed by atoms with Crippen LogP contribution in [0.2, 0.25) is 0 Å². The summed E-state index contributed by atoms with van der Waals surface area (Å²) in [5.74, 6) is 0.471. The molecule has 1 aromatic heterocycles. The Labute approximate surface area is 117 Å². The summed E-state index contributed by atoms with van der Waals surface area (Å²) in [4.78, 5) is 16.6. The molecule has 1 saturated carbocycles. The lowest BCUT2D eigenvalue weighted by Gasteiger charge is -2.34. The molecule has 1 aromatic rings. The third-order valence-electron chi connectivity index (χ3n) is 3.80. The number of nitrogens with zero attached hydrogens (tertiary/aromatic N) is 1. The molecule has 1 aliphatic carbocycles. The zero-order chi connectivity index (χ0) is 14.0. The van der Waals surface area contributed by atoms with Crippen LogP contribution in [0.15, 0.2) is 0 Å². The van der Waals surface area contributed by atoms with Gasteiger partial charge in [0.25, 0.3) is 5.91 Å². The number of thiazole rings is 1. The molecule has 4 N–H and O–H groups in total. The lowest BCUT2D eigenvalue weighted by molar-refractivity contribution is -0.00537. The van der Waals surface area contributed by atoms with Crippen molar-refractivity contribution in [2.45, 2.75) is 45.1 Å². The minimum Gasteiger partial charge on any atom is -0.388 e. The average molecular weight is 283 g/mol. The Balaban J connectivity index is 1.92. The van der Waals surface area contributed by atoms with Crippen LogP contribution >= 0.6 is 11.3 Å². The number of carbonyl (C=O) groups is 1. The number of carbonyl (C=O) groups excluding carboxylic acids is 1. The first-order chi connectivity index (χ1) is 8.89. The molecule has 0 unspecified atom stereocenters. The second kappa shape index (κ2) is 5.46. The number of nitrogens with two attached hydrogens (primary N) is 1. The van der Waals surface area contributed by atoms with Crippen molar-refractivity contribution in [3.8, 4) is 0 Å². The van der Waals surface area contributed by atoms with Crippen LogP contribution in [0.5, 0.6) is 0 Å². The molecule has 0 bridgehead atoms. The van der Waals surface area contributed by atoms with E-state index in [1.807, 2.05) is 0 Å². The predicted molar refractivity (Wildman–Crippen MR) is 76.2 cm³/mol. The van der Waals surface area contributed by atoms with Gasteiger partial charge in [0, 0.05) is 6.54 Å². The molecule has 0 saturated heterocycles. The molecule has 0 aromatic carbocycles. The fourth-order valence-electron chi connectivity index (χ4n) is 2.43. The number of rotatable bonds is 3. The molecule has 1 aliphatic rings. The van der Waals surface area contributed by atoms with Crippen LogP contribution in [-0.4, -0.2) is 28.1 Å². The molecule has 1 heterocycles. The number of hydrogen-bond acceptors (Lipinski definition) is 5. The minimum absolute atomic E-state index is 0.196. The molecule has 5 nitrogen and oxygen atoms in total. The summed E-state index contributed by atoms with van der Waals surface area (Å²) in [6, 6.07) is 0. The summed E-state index contributed by atoms with van der Waals surface area (Å²) in [7, 11) is 0. The first kappa shape index (κ1) is 14.3. The van der Waals surface area contributed by atoms with Crippen LogP contribution in [-0.2, 0) is 0 Å². The van der Waals surface area contributed by atoms with Crippen molar-refractivity contribution in [1.29, 1.82) is 0 Å². The van der Waals surface area contributed by atoms with Gasteiger partial charge in [0.05, 0.1) is 11.3 Å². The second-order valence-electron chi connectivity index (χ2n) is 5.56. The predicted octanol–water partition coefficient (Wildman–Crippen LogP) is 1.70. The topological polar surface area (TPSA) is 88.2 Å². The van der Waals surface area contributed by atoms with Gasteiger partial charge in [-0.2, -0.15) is 0 Å². The number of anilines is 1. The van der Waals surface area contributed by atoms with Crippen LogP contribution in [0.25, 0.3) is 0 Å². The van der Waals surface area contributed by atoms with Gasteiger partial charge in [-0.05, 0) is 38.5 Å². The summed E-state index contributed by atoms with van der Waals surface area (Å²) >= 11 is 1.18. The molecular weight excluding hydrogens is 262 g/mol. The van der Waals surface area contributed by atoms with Gasteiger partial charge in [0.15, 0.2) is 5.13 Å². The highest BCUT2D eigenvalue weighted by Gasteiger charge is 2.32. The number of aryl methyl sites for hydroxylation is 1. The highest BCUT2D eigenvalue weighted by molar-refractivity contribution is 7.17. The zero-order valence-electron chi connectivity index (χ0n) is 11.4. The van der Waals surface area contributed by atoms with E-state index in [1.54, 1.807) is 6.92 Å². The zero-order valence-corrected chi connectivity index (χ0v) is 12.2. The van der Waals surface area contributed by atoms with Gasteiger partial charge in [0.1, 0.15) is 4.88 Å². The maximum Gasteiger partial charge on any atom is 0.263 e. The molecule has 0 aliphatic heterocycles. The summed E-state index contributed by atoms with van der Waals surface area (Å²) in [5.41, 5.74) is 5.46. The van der Waals surface area contributed by atoms with Gasteiger partial charge in [-0.3, -0.25) is 4.79 Å². The maximum atomic E-state index is 12.0. The van der Waals surface area contributed by atoms with Gasteiger partial charge in [-0.15, -0.1) is 0 Å². The van der Waals surface area contributed by atoms with E-state index in [2.05, 4.69) is 17.2 Å². The third-order valence-corrected chi connectivity index (χ3v) is 4.79. The normalized spacial score (nSPS) is 27.2. The maximum absolute atomic E-state index is 12.0. The Morgan fingerprint density at radius 3 is 2.74 bits per heavy atom. The highest BCUT2D eigenvalue weighted by atomic mass is 32.1. The van der Waals surface area contributed by atoms with Crippen molar-refractivity contribution in [3.63, 3.8) is 0 Å². The van der Waals surface area contributed by atoms with Crippen molar-refractivity contribution in [2.24, 2.45) is 5.92 Å². The number of aromatic nitrogens is 1. The number of hydrogen-bond donors (Lipinski definition) is 3. The molecule has 1 fully saturated rings. The van der Waals surface area contributed by atoms with Crippen molar-refractivity contribution >= 4 is 22.4 Å². The quantitative estimate of drug-likeness (QED) is 0.788. The molecule has 0 atom stereocenters. The molecule has 1 amide bonds. The monoisotopic (exact) mass is 283 g/mol. The Kier molecular flexibility index (Phi) is 4.10. The average Bonchev–Trinajstić information content (AvgIpc) is 2.70. The minimum atomic E-state index is -0.758. The van der Waals surface area contributed by atoms with E-state index in [1.165, 1.54) is 11.3 Å². The summed E-state index contributed by atoms with van der Waals surface area (Å²) in [6.07, 6.45) is 3.52. The number of aliphatic hydroxyl groups is 1. The van der Waals surface area contributed by atoms with E-state index in [-0.39, 0.29) is 5.91 Å². The van der Waals surface area contributed by atoms with E-state index >= 15 is 0 Å².